The molecule has 0 fully saturated rings. The molecule has 0 amide bonds. The first kappa shape index (κ1) is 14.3. The first-order valence-electron chi connectivity index (χ1n) is 7.11. The zero-order chi connectivity index (χ0) is 15.5. The average molecular weight is 296 g/mol. The third-order valence-electron chi connectivity index (χ3n) is 3.83. The molecule has 0 bridgehead atoms. The van der Waals surface area contributed by atoms with E-state index in [1.165, 1.54) is 7.11 Å². The highest BCUT2D eigenvalue weighted by molar-refractivity contribution is 6.13. The molecule has 0 aliphatic heterocycles. The Hall–Kier alpha value is -2.62. The second-order valence-electron chi connectivity index (χ2n) is 5.21. The van der Waals surface area contributed by atoms with Crippen molar-refractivity contribution in [2.45, 2.75) is 13.0 Å². The molecule has 0 saturated carbocycles. The Kier molecular flexibility index (Phi) is 3.92. The fourth-order valence-corrected chi connectivity index (χ4v) is 2.70. The number of hydrogen-bond donors (Lipinski definition) is 0. The van der Waals surface area contributed by atoms with Crippen LogP contribution in [0.5, 0.6) is 5.75 Å². The second kappa shape index (κ2) is 6.02. The number of ether oxygens (including phenoxy) is 2. The average Bonchev–Trinajstić information content (AvgIpc) is 2.91. The van der Waals surface area contributed by atoms with Gasteiger partial charge >= 0.3 is 5.97 Å². The van der Waals surface area contributed by atoms with Crippen LogP contribution in [0.25, 0.3) is 0 Å². The molecule has 112 valence electrons. The van der Waals surface area contributed by atoms with Gasteiger partial charge in [0.15, 0.2) is 5.78 Å². The molecule has 2 aromatic carbocycles. The van der Waals surface area contributed by atoms with Gasteiger partial charge in [-0.15, -0.1) is 0 Å². The highest BCUT2D eigenvalue weighted by Crippen LogP contribution is 2.34. The Morgan fingerprint density at radius 2 is 1.91 bits per heavy atom. The predicted molar refractivity (Wildman–Crippen MR) is 80.8 cm³/mol. The first-order valence-corrected chi connectivity index (χ1v) is 7.11. The van der Waals surface area contributed by atoms with Crippen molar-refractivity contribution in [3.8, 4) is 5.75 Å². The van der Waals surface area contributed by atoms with Crippen LogP contribution in [0, 0.1) is 5.92 Å². The van der Waals surface area contributed by atoms with Gasteiger partial charge in [-0.05, 0) is 23.6 Å². The van der Waals surface area contributed by atoms with E-state index in [4.69, 9.17) is 9.47 Å². The van der Waals surface area contributed by atoms with Crippen LogP contribution in [0.15, 0.2) is 48.5 Å². The number of fused-ring (bicyclic) bond motifs is 1. The van der Waals surface area contributed by atoms with E-state index in [9.17, 15) is 9.59 Å². The zero-order valence-electron chi connectivity index (χ0n) is 12.2. The lowest BCUT2D eigenvalue weighted by atomic mass is 10.1. The van der Waals surface area contributed by atoms with Gasteiger partial charge in [0, 0.05) is 0 Å². The SMILES string of the molecule is COc1cccc2c1C(=O)C(C(=O)OCc1ccccc1)C2. The minimum Gasteiger partial charge on any atom is -0.496 e. The summed E-state index contributed by atoms with van der Waals surface area (Å²) >= 11 is 0. The van der Waals surface area contributed by atoms with E-state index in [-0.39, 0.29) is 12.4 Å². The van der Waals surface area contributed by atoms with Gasteiger partial charge < -0.3 is 9.47 Å². The quantitative estimate of drug-likeness (QED) is 0.643. The minimum absolute atomic E-state index is 0.178. The summed E-state index contributed by atoms with van der Waals surface area (Å²) < 4.78 is 10.5. The Morgan fingerprint density at radius 3 is 2.64 bits per heavy atom. The van der Waals surface area contributed by atoms with Crippen molar-refractivity contribution in [1.29, 1.82) is 0 Å². The summed E-state index contributed by atoms with van der Waals surface area (Å²) in [5, 5.41) is 0. The summed E-state index contributed by atoms with van der Waals surface area (Å²) in [5.41, 5.74) is 2.24. The molecular weight excluding hydrogens is 280 g/mol. The van der Waals surface area contributed by atoms with Gasteiger partial charge in [-0.2, -0.15) is 0 Å². The number of carbonyl (C=O) groups excluding carboxylic acids is 2. The molecule has 4 nitrogen and oxygen atoms in total. The summed E-state index contributed by atoms with van der Waals surface area (Å²) in [6, 6.07) is 14.8. The van der Waals surface area contributed by atoms with E-state index in [0.29, 0.717) is 17.7 Å². The monoisotopic (exact) mass is 296 g/mol. The molecule has 3 rings (SSSR count). The van der Waals surface area contributed by atoms with Crippen LogP contribution >= 0.6 is 0 Å². The summed E-state index contributed by atoms with van der Waals surface area (Å²) in [6.45, 7) is 0.178. The number of Topliss-reactive ketones (excluding diaryl/α,β-unsaturated/α-hetero) is 1. The Balaban J connectivity index is 1.72. The number of benzene rings is 2. The molecule has 0 N–H and O–H groups in total. The highest BCUT2D eigenvalue weighted by Gasteiger charge is 2.38. The molecule has 0 saturated heterocycles. The molecule has 2 aromatic rings. The maximum Gasteiger partial charge on any atom is 0.317 e. The zero-order valence-corrected chi connectivity index (χ0v) is 12.2. The van der Waals surface area contributed by atoms with Crippen LogP contribution in [0.3, 0.4) is 0 Å². The third-order valence-corrected chi connectivity index (χ3v) is 3.83. The van der Waals surface area contributed by atoms with Crippen molar-refractivity contribution < 1.29 is 19.1 Å². The van der Waals surface area contributed by atoms with Crippen molar-refractivity contribution in [3.63, 3.8) is 0 Å². The number of carbonyl (C=O) groups is 2. The molecule has 0 heterocycles. The van der Waals surface area contributed by atoms with Gasteiger partial charge in [-0.3, -0.25) is 9.59 Å². The molecule has 1 aliphatic carbocycles. The highest BCUT2D eigenvalue weighted by atomic mass is 16.5. The first-order chi connectivity index (χ1) is 10.7. The van der Waals surface area contributed by atoms with Crippen molar-refractivity contribution in [1.82, 2.24) is 0 Å². The fourth-order valence-electron chi connectivity index (χ4n) is 2.70. The van der Waals surface area contributed by atoms with Crippen LogP contribution in [-0.4, -0.2) is 18.9 Å². The standard InChI is InChI=1S/C18H16O4/c1-21-15-9-5-8-13-10-14(17(19)16(13)15)18(20)22-11-12-6-3-2-4-7-12/h2-9,14H,10-11H2,1H3. The van der Waals surface area contributed by atoms with Crippen LogP contribution < -0.4 is 4.74 Å². The number of ketones is 1. The topological polar surface area (TPSA) is 52.6 Å². The third kappa shape index (κ3) is 2.60. The molecule has 1 unspecified atom stereocenters. The van der Waals surface area contributed by atoms with Gasteiger partial charge in [0.1, 0.15) is 18.3 Å². The van der Waals surface area contributed by atoms with Crippen LogP contribution in [0.1, 0.15) is 21.5 Å². The summed E-state index contributed by atoms with van der Waals surface area (Å²) in [4.78, 5) is 24.7. The lowest BCUT2D eigenvalue weighted by Crippen LogP contribution is -2.23. The van der Waals surface area contributed by atoms with Gasteiger partial charge in [0.05, 0.1) is 12.7 Å². The van der Waals surface area contributed by atoms with Crippen LogP contribution in [0.4, 0.5) is 0 Å². The van der Waals surface area contributed by atoms with Crippen molar-refractivity contribution in [2.75, 3.05) is 7.11 Å². The maximum absolute atomic E-state index is 12.4. The van der Waals surface area contributed by atoms with Crippen molar-refractivity contribution in [2.24, 2.45) is 5.92 Å². The molecule has 0 aromatic heterocycles. The Bertz CT molecular complexity index is 706. The Morgan fingerprint density at radius 1 is 1.14 bits per heavy atom. The van der Waals surface area contributed by atoms with E-state index in [1.54, 1.807) is 6.07 Å². The van der Waals surface area contributed by atoms with Gasteiger partial charge in [-0.1, -0.05) is 42.5 Å². The molecule has 1 atom stereocenters. The van der Waals surface area contributed by atoms with E-state index >= 15 is 0 Å². The van der Waals surface area contributed by atoms with Crippen LogP contribution in [-0.2, 0) is 22.6 Å². The fraction of sp³-hybridized carbons (Fsp3) is 0.222. The van der Waals surface area contributed by atoms with E-state index in [2.05, 4.69) is 0 Å². The van der Waals surface area contributed by atoms with E-state index in [1.807, 2.05) is 42.5 Å². The smallest absolute Gasteiger partial charge is 0.317 e. The van der Waals surface area contributed by atoms with Gasteiger partial charge in [-0.25, -0.2) is 0 Å². The largest absolute Gasteiger partial charge is 0.496 e. The second-order valence-corrected chi connectivity index (χ2v) is 5.21. The Labute approximate surface area is 128 Å². The molecular formula is C18H16O4. The summed E-state index contributed by atoms with van der Waals surface area (Å²) in [6.07, 6.45) is 0.374. The van der Waals surface area contributed by atoms with Crippen molar-refractivity contribution >= 4 is 11.8 Å². The molecule has 0 radical (unpaired) electrons. The molecule has 22 heavy (non-hydrogen) atoms. The van der Waals surface area contributed by atoms with Crippen LogP contribution in [0.2, 0.25) is 0 Å². The van der Waals surface area contributed by atoms with Gasteiger partial charge in [0.25, 0.3) is 0 Å². The van der Waals surface area contributed by atoms with Crippen molar-refractivity contribution in [3.05, 3.63) is 65.2 Å². The number of rotatable bonds is 4. The number of methoxy groups -OCH3 is 1. The van der Waals surface area contributed by atoms with E-state index in [0.717, 1.165) is 11.1 Å². The maximum atomic E-state index is 12.4. The lowest BCUT2D eigenvalue weighted by molar-refractivity contribution is -0.147. The summed E-state index contributed by atoms with van der Waals surface area (Å²) in [7, 11) is 1.52. The number of hydrogen-bond acceptors (Lipinski definition) is 4. The normalized spacial score (nSPS) is 16.2. The van der Waals surface area contributed by atoms with E-state index < -0.39 is 11.9 Å². The minimum atomic E-state index is -0.769. The molecule has 0 spiro atoms. The molecule has 4 heteroatoms. The van der Waals surface area contributed by atoms with Gasteiger partial charge in [0.2, 0.25) is 0 Å². The molecule has 1 aliphatic rings. The number of esters is 1. The summed E-state index contributed by atoms with van der Waals surface area (Å²) in [5.74, 6) is -0.950. The lowest BCUT2D eigenvalue weighted by Gasteiger charge is -2.09. The predicted octanol–water partition coefficient (Wildman–Crippen LogP) is 2.79.